The summed E-state index contributed by atoms with van der Waals surface area (Å²) in [7, 11) is 0. The highest BCUT2D eigenvalue weighted by atomic mass is 16.3. The van der Waals surface area contributed by atoms with Gasteiger partial charge in [0.1, 0.15) is 0 Å². The summed E-state index contributed by atoms with van der Waals surface area (Å²) in [6.07, 6.45) is 1.60. The lowest BCUT2D eigenvalue weighted by Crippen LogP contribution is -2.54. The minimum absolute atomic E-state index is 0.00383. The lowest BCUT2D eigenvalue weighted by atomic mass is 9.89. The van der Waals surface area contributed by atoms with Crippen molar-refractivity contribution >= 4 is 11.8 Å². The summed E-state index contributed by atoms with van der Waals surface area (Å²) in [5.74, 6) is 0.0783. The number of rotatable bonds is 5. The van der Waals surface area contributed by atoms with Crippen LogP contribution in [-0.4, -0.2) is 47.1 Å². The monoisotopic (exact) mass is 284 g/mol. The van der Waals surface area contributed by atoms with Crippen molar-refractivity contribution in [2.75, 3.05) is 13.1 Å². The van der Waals surface area contributed by atoms with Gasteiger partial charge in [0.2, 0.25) is 11.8 Å². The van der Waals surface area contributed by atoms with Gasteiger partial charge in [-0.05, 0) is 19.8 Å². The molecule has 5 nitrogen and oxygen atoms in total. The minimum Gasteiger partial charge on any atom is -0.393 e. The predicted octanol–water partition coefficient (Wildman–Crippen LogP) is 1.16. The van der Waals surface area contributed by atoms with Crippen LogP contribution in [0.5, 0.6) is 0 Å². The van der Waals surface area contributed by atoms with Gasteiger partial charge in [-0.2, -0.15) is 0 Å². The van der Waals surface area contributed by atoms with Crippen molar-refractivity contribution in [1.82, 2.24) is 10.2 Å². The number of carbonyl (C=O) groups excluding carboxylic acids is 2. The van der Waals surface area contributed by atoms with Gasteiger partial charge >= 0.3 is 0 Å². The molecule has 5 heteroatoms. The number of nitrogens with one attached hydrogen (secondary N) is 1. The molecule has 0 spiro atoms. The first-order valence-corrected chi connectivity index (χ1v) is 7.61. The van der Waals surface area contributed by atoms with Crippen LogP contribution in [0.15, 0.2) is 0 Å². The van der Waals surface area contributed by atoms with E-state index < -0.39 is 6.10 Å². The van der Waals surface area contributed by atoms with E-state index in [0.717, 1.165) is 12.8 Å². The Morgan fingerprint density at radius 2 is 1.95 bits per heavy atom. The van der Waals surface area contributed by atoms with Crippen LogP contribution >= 0.6 is 0 Å². The van der Waals surface area contributed by atoms with Gasteiger partial charge in [-0.3, -0.25) is 9.59 Å². The van der Waals surface area contributed by atoms with Crippen molar-refractivity contribution in [1.29, 1.82) is 0 Å². The molecule has 116 valence electrons. The van der Waals surface area contributed by atoms with Crippen molar-refractivity contribution in [3.05, 3.63) is 0 Å². The minimum atomic E-state index is -0.467. The van der Waals surface area contributed by atoms with E-state index in [-0.39, 0.29) is 29.7 Å². The van der Waals surface area contributed by atoms with E-state index in [1.165, 1.54) is 0 Å². The van der Waals surface area contributed by atoms with Gasteiger partial charge < -0.3 is 15.3 Å². The SMILES string of the molecule is CCCC(=O)N1CC(NC(=O)C(C)C)CC(C(C)O)C1. The first-order valence-electron chi connectivity index (χ1n) is 7.61. The molecule has 1 aliphatic rings. The third-order valence-corrected chi connectivity index (χ3v) is 3.85. The van der Waals surface area contributed by atoms with Crippen LogP contribution in [0.2, 0.25) is 0 Å². The molecule has 0 bridgehead atoms. The number of hydrogen-bond donors (Lipinski definition) is 2. The Bertz CT molecular complexity index is 342. The fourth-order valence-corrected chi connectivity index (χ4v) is 2.54. The Morgan fingerprint density at radius 3 is 2.45 bits per heavy atom. The van der Waals surface area contributed by atoms with E-state index >= 15 is 0 Å². The molecule has 3 unspecified atom stereocenters. The number of carbonyl (C=O) groups is 2. The molecule has 0 aromatic heterocycles. The van der Waals surface area contributed by atoms with E-state index in [4.69, 9.17) is 0 Å². The second kappa shape index (κ2) is 7.62. The van der Waals surface area contributed by atoms with E-state index in [1.54, 1.807) is 11.8 Å². The largest absolute Gasteiger partial charge is 0.393 e. The van der Waals surface area contributed by atoms with Crippen LogP contribution in [0.1, 0.15) is 47.0 Å². The Morgan fingerprint density at radius 1 is 1.30 bits per heavy atom. The number of piperidine rings is 1. The normalized spacial score (nSPS) is 24.6. The van der Waals surface area contributed by atoms with Gasteiger partial charge in [0.25, 0.3) is 0 Å². The highest BCUT2D eigenvalue weighted by Gasteiger charge is 2.32. The molecule has 0 aliphatic carbocycles. The van der Waals surface area contributed by atoms with Crippen molar-refractivity contribution in [3.63, 3.8) is 0 Å². The number of amides is 2. The van der Waals surface area contributed by atoms with Gasteiger partial charge in [-0.15, -0.1) is 0 Å². The topological polar surface area (TPSA) is 69.6 Å². The van der Waals surface area contributed by atoms with E-state index in [2.05, 4.69) is 5.32 Å². The first kappa shape index (κ1) is 17.0. The van der Waals surface area contributed by atoms with Gasteiger partial charge in [0.15, 0.2) is 0 Å². The zero-order valence-corrected chi connectivity index (χ0v) is 13.1. The molecular weight excluding hydrogens is 256 g/mol. The third kappa shape index (κ3) is 4.78. The zero-order chi connectivity index (χ0) is 15.3. The third-order valence-electron chi connectivity index (χ3n) is 3.85. The molecule has 1 aliphatic heterocycles. The Labute approximate surface area is 121 Å². The van der Waals surface area contributed by atoms with Gasteiger partial charge in [-0.25, -0.2) is 0 Å². The second-order valence-electron chi connectivity index (χ2n) is 6.15. The van der Waals surface area contributed by atoms with Crippen LogP contribution in [0.25, 0.3) is 0 Å². The summed E-state index contributed by atoms with van der Waals surface area (Å²) in [5.41, 5.74) is 0. The number of nitrogens with zero attached hydrogens (tertiary/aromatic N) is 1. The molecule has 1 rings (SSSR count). The highest BCUT2D eigenvalue weighted by Crippen LogP contribution is 2.21. The molecule has 2 N–H and O–H groups in total. The maximum Gasteiger partial charge on any atom is 0.222 e. The Kier molecular flexibility index (Phi) is 6.46. The average molecular weight is 284 g/mol. The molecular formula is C15H28N2O3. The lowest BCUT2D eigenvalue weighted by Gasteiger charge is -2.39. The Balaban J connectivity index is 2.70. The van der Waals surface area contributed by atoms with Gasteiger partial charge in [0, 0.05) is 37.4 Å². The summed E-state index contributed by atoms with van der Waals surface area (Å²) >= 11 is 0. The summed E-state index contributed by atoms with van der Waals surface area (Å²) in [5, 5.41) is 12.8. The van der Waals surface area contributed by atoms with Crippen molar-refractivity contribution in [2.45, 2.75) is 59.1 Å². The summed E-state index contributed by atoms with van der Waals surface area (Å²) in [6, 6.07) is -0.0564. The zero-order valence-electron chi connectivity index (χ0n) is 13.1. The number of aliphatic hydroxyl groups excluding tert-OH is 1. The van der Waals surface area contributed by atoms with Crippen LogP contribution in [0, 0.1) is 11.8 Å². The predicted molar refractivity (Wildman–Crippen MR) is 78.0 cm³/mol. The average Bonchev–Trinajstić information content (AvgIpc) is 2.38. The number of likely N-dealkylation sites (tertiary alicyclic amines) is 1. The number of hydrogen-bond acceptors (Lipinski definition) is 3. The van der Waals surface area contributed by atoms with Crippen LogP contribution < -0.4 is 5.32 Å². The van der Waals surface area contributed by atoms with Crippen molar-refractivity contribution in [2.24, 2.45) is 11.8 Å². The highest BCUT2D eigenvalue weighted by molar-refractivity contribution is 5.79. The summed E-state index contributed by atoms with van der Waals surface area (Å²) < 4.78 is 0. The van der Waals surface area contributed by atoms with Gasteiger partial charge in [-0.1, -0.05) is 20.8 Å². The maximum atomic E-state index is 12.1. The van der Waals surface area contributed by atoms with Gasteiger partial charge in [0.05, 0.1) is 6.10 Å². The van der Waals surface area contributed by atoms with E-state index in [0.29, 0.717) is 19.5 Å². The smallest absolute Gasteiger partial charge is 0.222 e. The molecule has 0 radical (unpaired) electrons. The fraction of sp³-hybridized carbons (Fsp3) is 0.867. The van der Waals surface area contributed by atoms with Crippen molar-refractivity contribution in [3.8, 4) is 0 Å². The van der Waals surface area contributed by atoms with Crippen molar-refractivity contribution < 1.29 is 14.7 Å². The van der Waals surface area contributed by atoms with E-state index in [9.17, 15) is 14.7 Å². The molecule has 1 saturated heterocycles. The number of aliphatic hydroxyl groups is 1. The second-order valence-corrected chi connectivity index (χ2v) is 6.15. The summed E-state index contributed by atoms with van der Waals surface area (Å²) in [6.45, 7) is 8.57. The fourth-order valence-electron chi connectivity index (χ4n) is 2.54. The molecule has 0 saturated carbocycles. The standard InChI is InChI=1S/C15H28N2O3/c1-5-6-14(19)17-8-12(11(4)18)7-13(9-17)16-15(20)10(2)3/h10-13,18H,5-9H2,1-4H3,(H,16,20). The molecule has 1 fully saturated rings. The summed E-state index contributed by atoms with van der Waals surface area (Å²) in [4.78, 5) is 25.7. The molecule has 1 heterocycles. The lowest BCUT2D eigenvalue weighted by molar-refractivity contribution is -0.136. The van der Waals surface area contributed by atoms with Crippen LogP contribution in [0.3, 0.4) is 0 Å². The first-order chi connectivity index (χ1) is 9.35. The van der Waals surface area contributed by atoms with Crippen LogP contribution in [0.4, 0.5) is 0 Å². The van der Waals surface area contributed by atoms with Crippen LogP contribution in [-0.2, 0) is 9.59 Å². The molecule has 0 aromatic carbocycles. The maximum absolute atomic E-state index is 12.1. The quantitative estimate of drug-likeness (QED) is 0.796. The molecule has 20 heavy (non-hydrogen) atoms. The molecule has 0 aromatic rings. The Hall–Kier alpha value is -1.10. The van der Waals surface area contributed by atoms with E-state index in [1.807, 2.05) is 20.8 Å². The molecule has 2 amide bonds. The molecule has 3 atom stereocenters.